The lowest BCUT2D eigenvalue weighted by Crippen LogP contribution is -2.70. The van der Waals surface area contributed by atoms with Crippen LogP contribution in [0.25, 0.3) is 0 Å². The fourth-order valence-electron chi connectivity index (χ4n) is 1.65. The number of halogens is 13. The molecule has 32 heavy (non-hydrogen) atoms. The molecule has 0 spiro atoms. The summed E-state index contributed by atoms with van der Waals surface area (Å²) in [6.45, 7) is 0.0435. The zero-order valence-corrected chi connectivity index (χ0v) is 15.2. The molecule has 0 unspecified atom stereocenters. The third-order valence-corrected chi connectivity index (χ3v) is 3.43. The highest BCUT2D eigenvalue weighted by Crippen LogP contribution is 2.60. The molecule has 0 atom stereocenters. The average Bonchev–Trinajstić information content (AvgIpc) is 2.63. The highest BCUT2D eigenvalue weighted by Gasteiger charge is 2.90. The normalized spacial score (nSPS) is 14.0. The van der Waals surface area contributed by atoms with Crippen molar-refractivity contribution in [1.29, 1.82) is 0 Å². The highest BCUT2D eigenvalue weighted by molar-refractivity contribution is 5.81. The van der Waals surface area contributed by atoms with Gasteiger partial charge < -0.3 is 14.8 Å². The summed E-state index contributed by atoms with van der Waals surface area (Å²) in [5.41, 5.74) is 0. The maximum atomic E-state index is 13.4. The topological polar surface area (TPSA) is 64.6 Å². The van der Waals surface area contributed by atoms with E-state index >= 15 is 0 Å². The Morgan fingerprint density at radius 3 is 1.62 bits per heavy atom. The second-order valence-corrected chi connectivity index (χ2v) is 5.68. The van der Waals surface area contributed by atoms with Crippen LogP contribution in [-0.4, -0.2) is 67.6 Å². The van der Waals surface area contributed by atoms with Gasteiger partial charge in [-0.2, -0.15) is 57.1 Å². The van der Waals surface area contributed by atoms with E-state index < -0.39 is 74.0 Å². The molecule has 0 rings (SSSR count). The van der Waals surface area contributed by atoms with Crippen LogP contribution in [0.1, 0.15) is 6.42 Å². The Morgan fingerprint density at radius 1 is 0.719 bits per heavy atom. The molecule has 0 heterocycles. The van der Waals surface area contributed by atoms with E-state index in [1.165, 1.54) is 0 Å². The molecule has 0 aromatic heterocycles. The lowest BCUT2D eigenvalue weighted by atomic mass is 9.93. The van der Waals surface area contributed by atoms with E-state index in [-0.39, 0.29) is 0 Å². The van der Waals surface area contributed by atoms with Crippen molar-refractivity contribution in [2.45, 2.75) is 42.2 Å². The SMILES string of the molecule is C=CC(=O)OCCNC(=O)OCCC(F)(F)C(F)(F)C(F)(F)C(F)(F)C(F)(F)C(F)(F)F. The summed E-state index contributed by atoms with van der Waals surface area (Å²) in [4.78, 5) is 21.7. The van der Waals surface area contributed by atoms with Crippen molar-refractivity contribution in [3.8, 4) is 0 Å². The largest absolute Gasteiger partial charge is 0.461 e. The van der Waals surface area contributed by atoms with E-state index in [1.807, 2.05) is 0 Å². The molecule has 0 aromatic carbocycles. The van der Waals surface area contributed by atoms with Gasteiger partial charge in [-0.05, 0) is 0 Å². The Hall–Kier alpha value is -2.43. The van der Waals surface area contributed by atoms with Crippen LogP contribution in [0.4, 0.5) is 61.9 Å². The maximum Gasteiger partial charge on any atom is 0.460 e. The van der Waals surface area contributed by atoms with E-state index in [0.717, 1.165) is 0 Å². The van der Waals surface area contributed by atoms with Gasteiger partial charge in [-0.1, -0.05) is 6.58 Å². The smallest absolute Gasteiger partial charge is 0.460 e. The Morgan fingerprint density at radius 2 is 1.19 bits per heavy atom. The second kappa shape index (κ2) is 9.60. The molecule has 0 aliphatic rings. The molecule has 5 nitrogen and oxygen atoms in total. The third kappa shape index (κ3) is 5.67. The molecule has 188 valence electrons. The minimum Gasteiger partial charge on any atom is -0.461 e. The Balaban J connectivity index is 5.22. The van der Waals surface area contributed by atoms with E-state index in [2.05, 4.69) is 16.1 Å². The zero-order valence-electron chi connectivity index (χ0n) is 15.2. The number of esters is 1. The maximum absolute atomic E-state index is 13.4. The first kappa shape index (κ1) is 29.6. The van der Waals surface area contributed by atoms with Gasteiger partial charge in [0, 0.05) is 6.08 Å². The van der Waals surface area contributed by atoms with Gasteiger partial charge in [0.15, 0.2) is 0 Å². The van der Waals surface area contributed by atoms with Crippen LogP contribution in [-0.2, 0) is 14.3 Å². The van der Waals surface area contributed by atoms with Gasteiger partial charge in [0.2, 0.25) is 0 Å². The lowest BCUT2D eigenvalue weighted by molar-refractivity contribution is -0.440. The van der Waals surface area contributed by atoms with Crippen molar-refractivity contribution in [2.75, 3.05) is 19.8 Å². The highest BCUT2D eigenvalue weighted by atomic mass is 19.4. The molecule has 0 aliphatic carbocycles. The van der Waals surface area contributed by atoms with Crippen molar-refractivity contribution in [1.82, 2.24) is 5.32 Å². The van der Waals surface area contributed by atoms with Crippen LogP contribution in [0.5, 0.6) is 0 Å². The van der Waals surface area contributed by atoms with Gasteiger partial charge in [-0.3, -0.25) is 0 Å². The Labute approximate surface area is 169 Å². The van der Waals surface area contributed by atoms with Crippen molar-refractivity contribution in [3.05, 3.63) is 12.7 Å². The van der Waals surface area contributed by atoms with Crippen molar-refractivity contribution in [2.24, 2.45) is 0 Å². The molecule has 0 aromatic rings. The Kier molecular flexibility index (Phi) is 8.87. The van der Waals surface area contributed by atoms with E-state index in [9.17, 15) is 66.7 Å². The quantitative estimate of drug-likeness (QED) is 0.194. The van der Waals surface area contributed by atoms with Crippen LogP contribution < -0.4 is 5.32 Å². The first-order valence-corrected chi connectivity index (χ1v) is 7.75. The number of alkyl halides is 13. The number of alkyl carbamates (subject to hydrolysis) is 1. The molecule has 0 saturated heterocycles. The van der Waals surface area contributed by atoms with Gasteiger partial charge >= 0.3 is 47.9 Å². The van der Waals surface area contributed by atoms with Crippen molar-refractivity contribution < 1.29 is 76.1 Å². The van der Waals surface area contributed by atoms with Crippen LogP contribution in [0.3, 0.4) is 0 Å². The Bertz CT molecular complexity index is 691. The van der Waals surface area contributed by atoms with E-state index in [0.29, 0.717) is 6.08 Å². The summed E-state index contributed by atoms with van der Waals surface area (Å²) in [5.74, 6) is -38.4. The molecule has 0 aliphatic heterocycles. The molecule has 0 saturated carbocycles. The van der Waals surface area contributed by atoms with Gasteiger partial charge in [-0.25, -0.2) is 9.59 Å². The first-order chi connectivity index (χ1) is 14.1. The number of hydrogen-bond donors (Lipinski definition) is 1. The fourth-order valence-corrected chi connectivity index (χ4v) is 1.65. The molecule has 1 N–H and O–H groups in total. The number of hydrogen-bond acceptors (Lipinski definition) is 4. The molecular formula is C14H12F13NO4. The van der Waals surface area contributed by atoms with Gasteiger partial charge in [0.05, 0.1) is 19.6 Å². The molecule has 18 heteroatoms. The lowest BCUT2D eigenvalue weighted by Gasteiger charge is -2.39. The number of carbonyl (C=O) groups is 2. The summed E-state index contributed by atoms with van der Waals surface area (Å²) >= 11 is 0. The molecule has 0 fully saturated rings. The van der Waals surface area contributed by atoms with Crippen molar-refractivity contribution >= 4 is 12.1 Å². The van der Waals surface area contributed by atoms with Crippen LogP contribution in [0.15, 0.2) is 12.7 Å². The van der Waals surface area contributed by atoms with Gasteiger partial charge in [-0.15, -0.1) is 0 Å². The van der Waals surface area contributed by atoms with Gasteiger partial charge in [0.1, 0.15) is 6.61 Å². The number of rotatable bonds is 11. The zero-order chi connectivity index (χ0) is 25.8. The summed E-state index contributed by atoms with van der Waals surface area (Å²) in [7, 11) is 0. The number of carbonyl (C=O) groups excluding carboxylic acids is 2. The van der Waals surface area contributed by atoms with E-state index in [4.69, 9.17) is 0 Å². The van der Waals surface area contributed by atoms with Crippen LogP contribution in [0, 0.1) is 0 Å². The standard InChI is InChI=1S/C14H12F13NO4/c1-2-7(29)31-6-4-28-8(30)32-5-3-9(15,16)10(17,18)11(19,20)12(21,22)13(23,24)14(25,26)27/h2H,1,3-6H2,(H,28,30). The summed E-state index contributed by atoms with van der Waals surface area (Å²) in [6, 6.07) is 0. The van der Waals surface area contributed by atoms with Crippen molar-refractivity contribution in [3.63, 3.8) is 0 Å². The minimum absolute atomic E-state index is 0.525. The predicted molar refractivity (Wildman–Crippen MR) is 75.9 cm³/mol. The second-order valence-electron chi connectivity index (χ2n) is 5.68. The molecule has 1 amide bonds. The molecule has 0 radical (unpaired) electrons. The number of nitrogens with one attached hydrogen (secondary N) is 1. The monoisotopic (exact) mass is 505 g/mol. The fraction of sp³-hybridized carbons (Fsp3) is 0.714. The van der Waals surface area contributed by atoms with Gasteiger partial charge in [0.25, 0.3) is 0 Å². The molecule has 0 bridgehead atoms. The van der Waals surface area contributed by atoms with Crippen LogP contribution >= 0.6 is 0 Å². The average molecular weight is 505 g/mol. The summed E-state index contributed by atoms with van der Waals surface area (Å²) < 4.78 is 175. The van der Waals surface area contributed by atoms with Crippen LogP contribution in [0.2, 0.25) is 0 Å². The number of amides is 1. The third-order valence-electron chi connectivity index (χ3n) is 3.43. The summed E-state index contributed by atoms with van der Waals surface area (Å²) in [5, 5.41) is 1.68. The number of ether oxygens (including phenoxy) is 2. The van der Waals surface area contributed by atoms with E-state index in [1.54, 1.807) is 5.32 Å². The summed E-state index contributed by atoms with van der Waals surface area (Å²) in [6.07, 6.45) is -11.1. The molecular weight excluding hydrogens is 493 g/mol. The minimum atomic E-state index is -7.99. The first-order valence-electron chi connectivity index (χ1n) is 7.75. The predicted octanol–water partition coefficient (Wildman–Crippen LogP) is 4.57.